The Balaban J connectivity index is 2.65. The molecule has 0 aromatic rings. The fraction of sp³-hybridized carbons (Fsp3) is 0.800. The maximum Gasteiger partial charge on any atom is 0.0743 e. The smallest absolute Gasteiger partial charge is 0.0743 e. The molecule has 0 spiro atoms. The molecule has 0 rings (SSSR count). The lowest BCUT2D eigenvalue weighted by Gasteiger charge is -1.92. The molecule has 3 heteroatoms. The summed E-state index contributed by atoms with van der Waals surface area (Å²) in [5.74, 6) is 0.950. The van der Waals surface area contributed by atoms with Gasteiger partial charge < -0.3 is 4.18 Å². The summed E-state index contributed by atoms with van der Waals surface area (Å²) >= 11 is 1.40. The van der Waals surface area contributed by atoms with Crippen molar-refractivity contribution in [2.24, 2.45) is 0 Å². The van der Waals surface area contributed by atoms with Gasteiger partial charge in [-0.25, -0.2) is 0 Å². The van der Waals surface area contributed by atoms with Crippen LogP contribution in [0.2, 0.25) is 0 Å². The van der Waals surface area contributed by atoms with Gasteiger partial charge in [-0.15, -0.1) is 0 Å². The summed E-state index contributed by atoms with van der Waals surface area (Å²) in [7, 11) is 0. The maximum atomic E-state index is 8.03. The monoisotopic (exact) mass is 131 g/mol. The van der Waals surface area contributed by atoms with E-state index in [9.17, 15) is 0 Å². The Labute approximate surface area is 54.0 Å². The zero-order valence-corrected chi connectivity index (χ0v) is 5.70. The van der Waals surface area contributed by atoms with Crippen molar-refractivity contribution in [2.45, 2.75) is 13.3 Å². The SMILES string of the molecule is CCSOCCC#N. The van der Waals surface area contributed by atoms with Gasteiger partial charge in [-0.05, 0) is 12.0 Å². The summed E-state index contributed by atoms with van der Waals surface area (Å²) in [5, 5.41) is 8.03. The minimum absolute atomic E-state index is 0.493. The van der Waals surface area contributed by atoms with Gasteiger partial charge in [-0.2, -0.15) is 5.26 Å². The Morgan fingerprint density at radius 2 is 2.50 bits per heavy atom. The summed E-state index contributed by atoms with van der Waals surface area (Å²) < 4.78 is 4.92. The number of hydrogen-bond acceptors (Lipinski definition) is 3. The van der Waals surface area contributed by atoms with Crippen molar-refractivity contribution in [1.29, 1.82) is 5.26 Å². The van der Waals surface area contributed by atoms with E-state index in [0.717, 1.165) is 5.75 Å². The topological polar surface area (TPSA) is 33.0 Å². The van der Waals surface area contributed by atoms with Gasteiger partial charge >= 0.3 is 0 Å². The Morgan fingerprint density at radius 3 is 3.00 bits per heavy atom. The van der Waals surface area contributed by atoms with Crippen molar-refractivity contribution in [2.75, 3.05) is 12.4 Å². The van der Waals surface area contributed by atoms with E-state index < -0.39 is 0 Å². The van der Waals surface area contributed by atoms with Crippen LogP contribution in [-0.4, -0.2) is 12.4 Å². The molecule has 0 aliphatic rings. The molecule has 0 fully saturated rings. The van der Waals surface area contributed by atoms with Gasteiger partial charge in [0.1, 0.15) is 0 Å². The lowest BCUT2D eigenvalue weighted by atomic mass is 10.5. The third-order valence-electron chi connectivity index (χ3n) is 0.498. The van der Waals surface area contributed by atoms with Crippen molar-refractivity contribution in [3.8, 4) is 6.07 Å². The fourth-order valence-corrected chi connectivity index (χ4v) is 0.597. The average molecular weight is 131 g/mol. The lowest BCUT2D eigenvalue weighted by Crippen LogP contribution is -1.83. The van der Waals surface area contributed by atoms with Crippen LogP contribution in [0.4, 0.5) is 0 Å². The van der Waals surface area contributed by atoms with E-state index in [1.165, 1.54) is 12.0 Å². The molecule has 0 radical (unpaired) electrons. The molecule has 0 aliphatic heterocycles. The summed E-state index contributed by atoms with van der Waals surface area (Å²) in [4.78, 5) is 0. The van der Waals surface area contributed by atoms with Crippen LogP contribution in [0.25, 0.3) is 0 Å². The highest BCUT2D eigenvalue weighted by atomic mass is 32.2. The van der Waals surface area contributed by atoms with Crippen LogP contribution in [0.1, 0.15) is 13.3 Å². The molecule has 0 bridgehead atoms. The highest BCUT2D eigenvalue weighted by Gasteiger charge is 1.82. The Kier molecular flexibility index (Phi) is 6.63. The first-order valence-corrected chi connectivity index (χ1v) is 3.44. The van der Waals surface area contributed by atoms with Crippen molar-refractivity contribution >= 4 is 12.0 Å². The molecule has 2 nitrogen and oxygen atoms in total. The van der Waals surface area contributed by atoms with Gasteiger partial charge in [-0.1, -0.05) is 6.92 Å². The van der Waals surface area contributed by atoms with Crippen molar-refractivity contribution in [3.05, 3.63) is 0 Å². The summed E-state index contributed by atoms with van der Waals surface area (Å²) in [5.41, 5.74) is 0. The van der Waals surface area contributed by atoms with Gasteiger partial charge in [-0.3, -0.25) is 0 Å². The second-order valence-corrected chi connectivity index (χ2v) is 2.19. The standard InChI is InChI=1S/C5H9NOS/c1-2-8-7-5-3-4-6/h2-3,5H2,1H3. The van der Waals surface area contributed by atoms with Crippen molar-refractivity contribution in [3.63, 3.8) is 0 Å². The Hall–Kier alpha value is -0.200. The quantitative estimate of drug-likeness (QED) is 0.429. The molecule has 0 aromatic heterocycles. The average Bonchev–Trinajstić information content (AvgIpc) is 1.81. The highest BCUT2D eigenvalue weighted by Crippen LogP contribution is 1.99. The van der Waals surface area contributed by atoms with Crippen LogP contribution in [0.15, 0.2) is 0 Å². The Morgan fingerprint density at radius 1 is 1.75 bits per heavy atom. The number of nitrogens with zero attached hydrogens (tertiary/aromatic N) is 1. The van der Waals surface area contributed by atoms with Gasteiger partial charge in [0.2, 0.25) is 0 Å². The molecule has 0 saturated carbocycles. The van der Waals surface area contributed by atoms with Gasteiger partial charge in [0.15, 0.2) is 0 Å². The second kappa shape index (κ2) is 6.80. The maximum absolute atomic E-state index is 8.03. The first-order valence-electron chi connectivity index (χ1n) is 2.53. The molecule has 0 atom stereocenters. The predicted molar refractivity (Wildman–Crippen MR) is 34.3 cm³/mol. The summed E-state index contributed by atoms with van der Waals surface area (Å²) in [6.45, 7) is 2.56. The molecular formula is C5H9NOS. The van der Waals surface area contributed by atoms with Crippen LogP contribution in [0, 0.1) is 11.3 Å². The molecule has 8 heavy (non-hydrogen) atoms. The second-order valence-electron chi connectivity index (χ2n) is 1.14. The lowest BCUT2D eigenvalue weighted by molar-refractivity contribution is 0.385. The zero-order valence-electron chi connectivity index (χ0n) is 4.89. The third-order valence-corrected chi connectivity index (χ3v) is 1.07. The number of hydrogen-bond donors (Lipinski definition) is 0. The molecule has 0 aromatic carbocycles. The van der Waals surface area contributed by atoms with E-state index in [2.05, 4.69) is 0 Å². The largest absolute Gasteiger partial charge is 0.314 e. The van der Waals surface area contributed by atoms with E-state index >= 15 is 0 Å². The van der Waals surface area contributed by atoms with Gasteiger partial charge in [0, 0.05) is 5.75 Å². The molecule has 0 heterocycles. The molecular weight excluding hydrogens is 122 g/mol. The van der Waals surface area contributed by atoms with Gasteiger partial charge in [0.25, 0.3) is 0 Å². The fourth-order valence-electron chi connectivity index (χ4n) is 0.230. The normalized spacial score (nSPS) is 8.50. The molecule has 46 valence electrons. The van der Waals surface area contributed by atoms with Crippen LogP contribution in [0.5, 0.6) is 0 Å². The number of rotatable bonds is 4. The first kappa shape index (κ1) is 7.80. The van der Waals surface area contributed by atoms with Crippen molar-refractivity contribution < 1.29 is 4.18 Å². The van der Waals surface area contributed by atoms with Crippen LogP contribution >= 0.6 is 12.0 Å². The Bertz CT molecular complexity index is 79.0. The van der Waals surface area contributed by atoms with Gasteiger partial charge in [0.05, 0.1) is 19.1 Å². The number of nitriles is 1. The minimum atomic E-state index is 0.493. The van der Waals surface area contributed by atoms with E-state index in [0.29, 0.717) is 13.0 Å². The molecule has 0 unspecified atom stereocenters. The van der Waals surface area contributed by atoms with E-state index in [1.54, 1.807) is 0 Å². The van der Waals surface area contributed by atoms with E-state index in [-0.39, 0.29) is 0 Å². The first-order chi connectivity index (χ1) is 3.91. The third kappa shape index (κ3) is 5.80. The van der Waals surface area contributed by atoms with Crippen LogP contribution < -0.4 is 0 Å². The minimum Gasteiger partial charge on any atom is -0.314 e. The van der Waals surface area contributed by atoms with Crippen LogP contribution in [-0.2, 0) is 4.18 Å². The molecule has 0 amide bonds. The summed E-state index contributed by atoms with van der Waals surface area (Å²) in [6, 6.07) is 1.99. The zero-order chi connectivity index (χ0) is 6.24. The molecule has 0 saturated heterocycles. The summed E-state index contributed by atoms with van der Waals surface area (Å²) in [6.07, 6.45) is 0.493. The highest BCUT2D eigenvalue weighted by molar-refractivity contribution is 7.94. The predicted octanol–water partition coefficient (Wildman–Crippen LogP) is 1.58. The van der Waals surface area contributed by atoms with E-state index in [4.69, 9.17) is 9.44 Å². The van der Waals surface area contributed by atoms with Crippen molar-refractivity contribution in [1.82, 2.24) is 0 Å². The van der Waals surface area contributed by atoms with E-state index in [1.807, 2.05) is 13.0 Å². The molecule has 0 aliphatic carbocycles. The van der Waals surface area contributed by atoms with Crippen LogP contribution in [0.3, 0.4) is 0 Å². The molecule has 0 N–H and O–H groups in total.